The predicted octanol–water partition coefficient (Wildman–Crippen LogP) is 2.61. The van der Waals surface area contributed by atoms with Gasteiger partial charge in [0, 0.05) is 24.6 Å². The number of benzene rings is 1. The van der Waals surface area contributed by atoms with Crippen LogP contribution in [0.2, 0.25) is 0 Å². The van der Waals surface area contributed by atoms with E-state index in [-0.39, 0.29) is 38.1 Å². The molecule has 9 nitrogen and oxygen atoms in total. The number of hydrogen-bond donors (Lipinski definition) is 2. The van der Waals surface area contributed by atoms with Gasteiger partial charge in [-0.1, -0.05) is 0 Å². The smallest absolute Gasteiger partial charge is 0.410 e. The number of nitrogens with one attached hydrogen (secondary N) is 1. The molecule has 2 atom stereocenters. The van der Waals surface area contributed by atoms with Crippen LogP contribution in [0.15, 0.2) is 24.3 Å². The average molecular weight is 479 g/mol. The topological polar surface area (TPSA) is 122 Å². The first kappa shape index (κ1) is 26.5. The minimum atomic E-state index is -3.27. The van der Waals surface area contributed by atoms with Crippen molar-refractivity contribution >= 4 is 18.1 Å². The van der Waals surface area contributed by atoms with E-state index >= 15 is 0 Å². The Labute approximate surface area is 186 Å². The van der Waals surface area contributed by atoms with Crippen molar-refractivity contribution in [2.45, 2.75) is 31.3 Å². The SMILES string of the molecule is O=CC1CCN(C(=O)OCc2ccc([N+](=O)[O-])cc2)CC1(F)F.OCC1CCNCC1(F)F. The van der Waals surface area contributed by atoms with E-state index in [1.54, 1.807) is 0 Å². The molecule has 0 bridgehead atoms. The molecule has 13 heteroatoms. The Balaban J connectivity index is 0.000000321. The molecule has 2 unspecified atom stereocenters. The second-order valence-electron chi connectivity index (χ2n) is 7.80. The lowest BCUT2D eigenvalue weighted by Crippen LogP contribution is -2.51. The van der Waals surface area contributed by atoms with Crippen LogP contribution in [0, 0.1) is 22.0 Å². The summed E-state index contributed by atoms with van der Waals surface area (Å²) in [7, 11) is 0. The molecule has 0 radical (unpaired) electrons. The van der Waals surface area contributed by atoms with Crippen LogP contribution in [-0.2, 0) is 16.1 Å². The molecule has 2 aliphatic heterocycles. The molecule has 0 spiro atoms. The fraction of sp³-hybridized carbons (Fsp3) is 0.600. The highest BCUT2D eigenvalue weighted by molar-refractivity contribution is 5.68. The molecular formula is C20H25F4N3O6. The number of carbonyl (C=O) groups is 2. The number of nitrogens with zero attached hydrogens (tertiary/aromatic N) is 2. The minimum Gasteiger partial charge on any atom is -0.445 e. The number of nitro benzene ring substituents is 1. The van der Waals surface area contributed by atoms with Crippen molar-refractivity contribution in [1.29, 1.82) is 0 Å². The second-order valence-corrected chi connectivity index (χ2v) is 7.80. The van der Waals surface area contributed by atoms with Crippen molar-refractivity contribution in [3.8, 4) is 0 Å². The third-order valence-corrected chi connectivity index (χ3v) is 5.43. The van der Waals surface area contributed by atoms with Crippen LogP contribution < -0.4 is 5.32 Å². The summed E-state index contributed by atoms with van der Waals surface area (Å²) in [5, 5.41) is 21.6. The Hall–Kier alpha value is -2.80. The van der Waals surface area contributed by atoms with Crippen LogP contribution >= 0.6 is 0 Å². The van der Waals surface area contributed by atoms with Crippen LogP contribution in [0.4, 0.5) is 28.0 Å². The molecular weight excluding hydrogens is 454 g/mol. The highest BCUT2D eigenvalue weighted by atomic mass is 19.3. The number of aliphatic hydroxyl groups excluding tert-OH is 1. The molecule has 1 aromatic rings. The summed E-state index contributed by atoms with van der Waals surface area (Å²) in [5.41, 5.74) is 0.397. The van der Waals surface area contributed by atoms with Crippen LogP contribution in [0.1, 0.15) is 18.4 Å². The number of nitro groups is 1. The van der Waals surface area contributed by atoms with E-state index in [9.17, 15) is 37.3 Å². The van der Waals surface area contributed by atoms with Gasteiger partial charge in [0.15, 0.2) is 0 Å². The lowest BCUT2D eigenvalue weighted by Gasteiger charge is -2.35. The van der Waals surface area contributed by atoms with Crippen molar-refractivity contribution in [3.05, 3.63) is 39.9 Å². The molecule has 2 heterocycles. The zero-order valence-corrected chi connectivity index (χ0v) is 17.6. The first-order valence-electron chi connectivity index (χ1n) is 10.2. The monoisotopic (exact) mass is 479 g/mol. The van der Waals surface area contributed by atoms with E-state index in [1.165, 1.54) is 24.3 Å². The maximum Gasteiger partial charge on any atom is 0.410 e. The Morgan fingerprint density at radius 1 is 1.24 bits per heavy atom. The summed E-state index contributed by atoms with van der Waals surface area (Å²) in [4.78, 5) is 33.2. The minimum absolute atomic E-state index is 0.0120. The first-order valence-corrected chi connectivity index (χ1v) is 10.2. The van der Waals surface area contributed by atoms with Gasteiger partial charge in [-0.2, -0.15) is 0 Å². The van der Waals surface area contributed by atoms with Gasteiger partial charge in [-0.15, -0.1) is 0 Å². The van der Waals surface area contributed by atoms with Gasteiger partial charge in [0.25, 0.3) is 17.5 Å². The van der Waals surface area contributed by atoms with Crippen molar-refractivity contribution in [3.63, 3.8) is 0 Å². The number of piperidine rings is 2. The van der Waals surface area contributed by atoms with Gasteiger partial charge in [-0.05, 0) is 37.1 Å². The van der Waals surface area contributed by atoms with Gasteiger partial charge in [-0.3, -0.25) is 10.1 Å². The van der Waals surface area contributed by atoms with Crippen LogP contribution in [0.3, 0.4) is 0 Å². The van der Waals surface area contributed by atoms with E-state index < -0.39 is 47.8 Å². The third kappa shape index (κ3) is 7.35. The third-order valence-electron chi connectivity index (χ3n) is 5.43. The lowest BCUT2D eigenvalue weighted by atomic mass is 9.95. The Morgan fingerprint density at radius 2 is 1.91 bits per heavy atom. The fourth-order valence-electron chi connectivity index (χ4n) is 3.34. The Morgan fingerprint density at radius 3 is 2.39 bits per heavy atom. The number of alkyl halides is 4. The normalized spacial score (nSPS) is 23.6. The van der Waals surface area contributed by atoms with Gasteiger partial charge in [0.1, 0.15) is 12.9 Å². The maximum absolute atomic E-state index is 13.6. The number of likely N-dealkylation sites (tertiary alicyclic amines) is 1. The van der Waals surface area contributed by atoms with Gasteiger partial charge in [0.2, 0.25) is 0 Å². The van der Waals surface area contributed by atoms with E-state index in [4.69, 9.17) is 9.84 Å². The van der Waals surface area contributed by atoms with E-state index in [1.807, 2.05) is 0 Å². The van der Waals surface area contributed by atoms with Crippen molar-refractivity contribution in [1.82, 2.24) is 10.2 Å². The van der Waals surface area contributed by atoms with E-state index in [0.717, 1.165) is 4.90 Å². The summed E-state index contributed by atoms with van der Waals surface area (Å²) in [5.74, 6) is -8.21. The lowest BCUT2D eigenvalue weighted by molar-refractivity contribution is -0.384. The maximum atomic E-state index is 13.6. The number of ether oxygens (including phenoxy) is 1. The predicted molar refractivity (Wildman–Crippen MR) is 107 cm³/mol. The van der Waals surface area contributed by atoms with Crippen molar-refractivity contribution < 1.29 is 41.9 Å². The first-order chi connectivity index (χ1) is 15.5. The Bertz CT molecular complexity index is 825. The highest BCUT2D eigenvalue weighted by Gasteiger charge is 2.46. The molecule has 184 valence electrons. The number of aldehydes is 1. The Kier molecular flexibility index (Phi) is 9.11. The van der Waals surface area contributed by atoms with Crippen LogP contribution in [-0.4, -0.2) is 71.9 Å². The molecule has 0 saturated carbocycles. The zero-order chi connectivity index (χ0) is 24.6. The van der Waals surface area contributed by atoms with Gasteiger partial charge in [-0.25, -0.2) is 22.4 Å². The fourth-order valence-corrected chi connectivity index (χ4v) is 3.34. The van der Waals surface area contributed by atoms with Crippen molar-refractivity contribution in [2.75, 3.05) is 32.8 Å². The van der Waals surface area contributed by atoms with E-state index in [0.29, 0.717) is 18.5 Å². The number of rotatable bonds is 5. The average Bonchev–Trinajstić information content (AvgIpc) is 2.77. The molecule has 33 heavy (non-hydrogen) atoms. The summed E-state index contributed by atoms with van der Waals surface area (Å²) in [6, 6.07) is 5.34. The summed E-state index contributed by atoms with van der Waals surface area (Å²) in [6.45, 7) is -1.16. The zero-order valence-electron chi connectivity index (χ0n) is 17.6. The second kappa shape index (κ2) is 11.4. The molecule has 2 fully saturated rings. The number of hydrogen-bond acceptors (Lipinski definition) is 7. The number of non-ortho nitro benzene ring substituents is 1. The van der Waals surface area contributed by atoms with E-state index in [2.05, 4.69) is 5.32 Å². The molecule has 2 aliphatic rings. The standard InChI is InChI=1S/C14H14F2N2O5.C6H11F2NO/c15-14(16)9-17(6-5-11(14)7-19)13(20)23-8-10-1-3-12(4-2-10)18(21)22;7-6(8)4-9-2-1-5(6)3-10/h1-4,7,11H,5-6,8-9H2;5,9-10H,1-4H2. The summed E-state index contributed by atoms with van der Waals surface area (Å²) < 4.78 is 57.5. The van der Waals surface area contributed by atoms with Crippen LogP contribution in [0.5, 0.6) is 0 Å². The molecule has 1 amide bonds. The van der Waals surface area contributed by atoms with Crippen LogP contribution in [0.25, 0.3) is 0 Å². The van der Waals surface area contributed by atoms with Crippen molar-refractivity contribution in [2.24, 2.45) is 11.8 Å². The molecule has 0 aliphatic carbocycles. The molecule has 0 aromatic heterocycles. The number of halogens is 4. The quantitative estimate of drug-likeness (QED) is 0.288. The molecule has 3 rings (SSSR count). The number of aliphatic hydroxyl groups is 1. The molecule has 1 aromatic carbocycles. The summed E-state index contributed by atoms with van der Waals surface area (Å²) >= 11 is 0. The number of amides is 1. The van der Waals surface area contributed by atoms with Gasteiger partial charge < -0.3 is 24.9 Å². The van der Waals surface area contributed by atoms with Gasteiger partial charge in [0.05, 0.1) is 30.5 Å². The largest absolute Gasteiger partial charge is 0.445 e. The molecule has 2 saturated heterocycles. The highest BCUT2D eigenvalue weighted by Crippen LogP contribution is 2.32. The molecule has 2 N–H and O–H groups in total. The summed E-state index contributed by atoms with van der Waals surface area (Å²) in [6.07, 6.45) is -0.459. The number of carbonyl (C=O) groups excluding carboxylic acids is 2. The van der Waals surface area contributed by atoms with Gasteiger partial charge >= 0.3 is 6.09 Å².